The van der Waals surface area contributed by atoms with Crippen molar-refractivity contribution in [3.63, 3.8) is 0 Å². The molecule has 282 valence electrons. The Balaban J connectivity index is 1.41. The van der Waals surface area contributed by atoms with E-state index in [4.69, 9.17) is 10.5 Å². The minimum absolute atomic E-state index is 0.0615. The highest BCUT2D eigenvalue weighted by Crippen LogP contribution is 2.27. The predicted molar refractivity (Wildman–Crippen MR) is 181 cm³/mol. The number of carboxylic acids is 1. The van der Waals surface area contributed by atoms with Crippen molar-refractivity contribution >= 4 is 40.6 Å². The largest absolute Gasteiger partial charge is 0.480 e. The molecule has 1 aliphatic heterocycles. The third-order valence-electron chi connectivity index (χ3n) is 8.72. The molecule has 1 aromatic carbocycles. The Morgan fingerprint density at radius 2 is 1.79 bits per heavy atom. The molecular weight excluding hydrogens is 689 g/mol. The van der Waals surface area contributed by atoms with Gasteiger partial charge in [-0.3, -0.25) is 28.7 Å². The Hall–Kier alpha value is -5.60. The first-order valence-electron chi connectivity index (χ1n) is 16.3. The van der Waals surface area contributed by atoms with Crippen molar-refractivity contribution in [3.05, 3.63) is 68.9 Å². The fourth-order valence-electron chi connectivity index (χ4n) is 5.70. The van der Waals surface area contributed by atoms with Gasteiger partial charge in [-0.15, -0.1) is 0 Å². The third kappa shape index (κ3) is 9.19. The number of amides is 5. The smallest absolute Gasteiger partial charge is 0.330 e. The molecule has 8 atom stereocenters. The molecule has 20 heteroatoms. The van der Waals surface area contributed by atoms with Crippen LogP contribution in [0.1, 0.15) is 39.0 Å². The van der Waals surface area contributed by atoms with Crippen LogP contribution in [0.2, 0.25) is 0 Å². The number of carbonyl (C=O) groups is 5. The Morgan fingerprint density at radius 3 is 2.46 bits per heavy atom. The number of aromatic amines is 2. The van der Waals surface area contributed by atoms with Gasteiger partial charge in [0.1, 0.15) is 24.2 Å². The number of benzene rings is 1. The number of aromatic nitrogens is 3. The first-order valence-corrected chi connectivity index (χ1v) is 16.3. The summed E-state index contributed by atoms with van der Waals surface area (Å²) in [6.07, 6.45) is -1.55. The maximum absolute atomic E-state index is 13.8. The average molecular weight is 732 g/mol. The number of nitrogens with zero attached hydrogens (tertiary/aromatic N) is 2. The van der Waals surface area contributed by atoms with Crippen LogP contribution in [0.4, 0.5) is 9.18 Å². The molecule has 1 saturated heterocycles. The quantitative estimate of drug-likeness (QED) is 0.0873. The van der Waals surface area contributed by atoms with Crippen molar-refractivity contribution in [1.29, 1.82) is 0 Å². The number of likely N-dealkylation sites (N-methyl/N-ethyl adjacent to an activating group) is 1. The molecule has 0 bridgehead atoms. The zero-order valence-corrected chi connectivity index (χ0v) is 28.7. The number of fused-ring (bicyclic) bond motifs is 1. The fraction of sp³-hybridized carbons (Fsp3) is 0.469. The van der Waals surface area contributed by atoms with E-state index in [1.165, 1.54) is 27.8 Å². The molecule has 2 aromatic heterocycles. The van der Waals surface area contributed by atoms with Crippen LogP contribution in [0.5, 0.6) is 0 Å². The van der Waals surface area contributed by atoms with Gasteiger partial charge in [0.25, 0.3) is 5.56 Å². The van der Waals surface area contributed by atoms with E-state index in [0.29, 0.717) is 16.3 Å². The highest BCUT2D eigenvalue weighted by atomic mass is 19.1. The molecular formula is C32H42FN9O10. The molecule has 19 nitrogen and oxygen atoms in total. The number of aliphatic hydroxyl groups is 1. The number of H-pyrrole nitrogens is 2. The number of urea groups is 1. The van der Waals surface area contributed by atoms with Gasteiger partial charge in [-0.05, 0) is 32.4 Å². The molecule has 10 N–H and O–H groups in total. The summed E-state index contributed by atoms with van der Waals surface area (Å²) in [5.41, 5.74) is 4.91. The number of carbonyl (C=O) groups excluding carboxylic acids is 4. The van der Waals surface area contributed by atoms with Gasteiger partial charge in [-0.2, -0.15) is 4.39 Å². The lowest BCUT2D eigenvalue weighted by atomic mass is 10.1. The highest BCUT2D eigenvalue weighted by Gasteiger charge is 2.38. The fourth-order valence-corrected chi connectivity index (χ4v) is 5.70. The van der Waals surface area contributed by atoms with E-state index in [1.807, 2.05) is 12.1 Å². The van der Waals surface area contributed by atoms with Gasteiger partial charge in [0.05, 0.1) is 24.4 Å². The Morgan fingerprint density at radius 1 is 1.10 bits per heavy atom. The summed E-state index contributed by atoms with van der Waals surface area (Å²) in [5, 5.41) is 30.8. The van der Waals surface area contributed by atoms with E-state index >= 15 is 0 Å². The molecule has 0 spiro atoms. The molecule has 0 radical (unpaired) electrons. The number of carboxylic acid groups (broad SMARTS) is 1. The van der Waals surface area contributed by atoms with E-state index in [-0.39, 0.29) is 19.4 Å². The molecule has 5 amide bonds. The summed E-state index contributed by atoms with van der Waals surface area (Å²) in [6.45, 7) is 3.95. The maximum atomic E-state index is 13.8. The summed E-state index contributed by atoms with van der Waals surface area (Å²) < 4.78 is 20.2. The summed E-state index contributed by atoms with van der Waals surface area (Å²) in [4.78, 5) is 93.9. The van der Waals surface area contributed by atoms with Crippen molar-refractivity contribution in [3.8, 4) is 0 Å². The second-order valence-electron chi connectivity index (χ2n) is 12.6. The van der Waals surface area contributed by atoms with Crippen LogP contribution in [-0.4, -0.2) is 115 Å². The van der Waals surface area contributed by atoms with Crippen molar-refractivity contribution < 1.29 is 43.3 Å². The van der Waals surface area contributed by atoms with Crippen molar-refractivity contribution in [1.82, 2.24) is 40.7 Å². The number of hydrogen-bond donors (Lipinski definition) is 9. The van der Waals surface area contributed by atoms with Gasteiger partial charge in [0, 0.05) is 43.5 Å². The SMILES string of the molecule is C[C@H](NC(=O)N[C@@H](Cc1c[nH]c2ccccc12)C(=O)O)C(=O)N[C@H](C(=O)NC[C@H]1C[C@@H](O)[C@H](n2cc(F)c(=O)[nH]c2=O)O1)[C@H](C)N(C)C(=O)[C@@H](C)N. The molecule has 1 fully saturated rings. The number of rotatable bonds is 14. The average Bonchev–Trinajstić information content (AvgIpc) is 3.68. The number of aliphatic carboxylic acids is 1. The second kappa shape index (κ2) is 16.6. The van der Waals surface area contributed by atoms with Crippen LogP contribution in [0.3, 0.4) is 0 Å². The summed E-state index contributed by atoms with van der Waals surface area (Å²) in [6, 6.07) is 0.221. The zero-order valence-electron chi connectivity index (χ0n) is 28.7. The van der Waals surface area contributed by atoms with E-state index < -0.39 is 95.4 Å². The normalized spacial score (nSPS) is 19.9. The zero-order chi connectivity index (χ0) is 38.4. The van der Waals surface area contributed by atoms with Crippen LogP contribution in [-0.2, 0) is 30.3 Å². The van der Waals surface area contributed by atoms with Gasteiger partial charge in [-0.1, -0.05) is 18.2 Å². The van der Waals surface area contributed by atoms with Crippen molar-refractivity contribution in [2.75, 3.05) is 13.6 Å². The van der Waals surface area contributed by atoms with Crippen LogP contribution < -0.4 is 38.2 Å². The number of hydrogen-bond acceptors (Lipinski definition) is 10. The Kier molecular flexibility index (Phi) is 12.5. The van der Waals surface area contributed by atoms with Crippen LogP contribution in [0.15, 0.2) is 46.2 Å². The molecule has 0 unspecified atom stereocenters. The predicted octanol–water partition coefficient (Wildman–Crippen LogP) is -2.02. The van der Waals surface area contributed by atoms with Gasteiger partial charge in [0.2, 0.25) is 23.5 Å². The Labute approximate surface area is 295 Å². The molecule has 0 saturated carbocycles. The number of para-hydroxylation sites is 1. The van der Waals surface area contributed by atoms with Gasteiger partial charge in [-0.25, -0.2) is 14.4 Å². The lowest BCUT2D eigenvalue weighted by Crippen LogP contribution is -2.62. The van der Waals surface area contributed by atoms with Gasteiger partial charge < -0.3 is 51.8 Å². The third-order valence-corrected chi connectivity index (χ3v) is 8.72. The summed E-state index contributed by atoms with van der Waals surface area (Å²) in [5.74, 6) is -4.81. The number of aliphatic hydroxyl groups excluding tert-OH is 1. The van der Waals surface area contributed by atoms with Crippen LogP contribution in [0.25, 0.3) is 10.9 Å². The number of halogens is 1. The van der Waals surface area contributed by atoms with E-state index in [9.17, 15) is 48.2 Å². The molecule has 1 aliphatic rings. The minimum Gasteiger partial charge on any atom is -0.480 e. The number of nitrogens with two attached hydrogens (primary N) is 1. The van der Waals surface area contributed by atoms with Crippen molar-refractivity contribution in [2.45, 2.75) is 82.3 Å². The molecule has 4 rings (SSSR count). The van der Waals surface area contributed by atoms with E-state index in [0.717, 1.165) is 15.8 Å². The maximum Gasteiger partial charge on any atom is 0.330 e. The summed E-state index contributed by atoms with van der Waals surface area (Å²) >= 11 is 0. The standard InChI is InChI=1S/C32H42FN9O10/c1-14(34)28(47)41(4)16(3)24(27(46)36-12-18-10-23(43)29(52-18)42-13-20(33)26(45)40-32(42)51)39-25(44)15(2)37-31(50)38-22(30(48)49)9-17-11-35-21-8-6-5-7-19(17)21/h5-8,11,13-16,18,22-24,29,35,43H,9-10,12,34H2,1-4H3,(H,36,46)(H,39,44)(H,48,49)(H2,37,38,50)(H,40,45,51)/t14-,15+,16+,18-,22+,23-,24+,29-/m1/s1. The first-order chi connectivity index (χ1) is 24.5. The second-order valence-corrected chi connectivity index (χ2v) is 12.6. The minimum atomic E-state index is -1.43. The van der Waals surface area contributed by atoms with E-state index in [1.54, 1.807) is 23.3 Å². The van der Waals surface area contributed by atoms with E-state index in [2.05, 4.69) is 26.3 Å². The molecule has 0 aliphatic carbocycles. The first kappa shape index (κ1) is 39.2. The molecule has 3 heterocycles. The van der Waals surface area contributed by atoms with Crippen LogP contribution >= 0.6 is 0 Å². The molecule has 3 aromatic rings. The number of ether oxygens (including phenoxy) is 1. The van der Waals surface area contributed by atoms with Gasteiger partial charge in [0.15, 0.2) is 6.23 Å². The van der Waals surface area contributed by atoms with Crippen molar-refractivity contribution in [2.24, 2.45) is 5.73 Å². The van der Waals surface area contributed by atoms with Gasteiger partial charge >= 0.3 is 17.7 Å². The molecule has 52 heavy (non-hydrogen) atoms. The Bertz CT molecular complexity index is 1930. The lowest BCUT2D eigenvalue weighted by molar-refractivity contribution is -0.139. The topological polar surface area (TPSA) is 283 Å². The number of nitrogens with one attached hydrogen (secondary N) is 6. The lowest BCUT2D eigenvalue weighted by Gasteiger charge is -2.33. The summed E-state index contributed by atoms with van der Waals surface area (Å²) in [7, 11) is 1.37. The highest BCUT2D eigenvalue weighted by molar-refractivity contribution is 5.93. The van der Waals surface area contributed by atoms with Crippen LogP contribution in [0, 0.1) is 5.82 Å². The monoisotopic (exact) mass is 731 g/mol.